The predicted molar refractivity (Wildman–Crippen MR) is 119 cm³/mol. The summed E-state index contributed by atoms with van der Waals surface area (Å²) in [4.78, 5) is 17.9. The van der Waals surface area contributed by atoms with Gasteiger partial charge in [0, 0.05) is 33.3 Å². The first-order chi connectivity index (χ1) is 11.9. The number of ether oxygens (including phenoxy) is 1. The summed E-state index contributed by atoms with van der Waals surface area (Å²) in [5.41, 5.74) is 0. The largest absolute Gasteiger partial charge is 0.378 e. The Morgan fingerprint density at radius 1 is 1.23 bits per heavy atom. The smallest absolute Gasteiger partial charge is 0.243 e. The number of guanidine groups is 1. The van der Waals surface area contributed by atoms with E-state index in [2.05, 4.69) is 29.5 Å². The first kappa shape index (κ1) is 25.4. The third-order valence-electron chi connectivity index (χ3n) is 4.66. The Morgan fingerprint density at radius 2 is 1.88 bits per heavy atom. The summed E-state index contributed by atoms with van der Waals surface area (Å²) in [6.45, 7) is 8.11. The highest BCUT2D eigenvalue weighted by Gasteiger charge is 2.16. The van der Waals surface area contributed by atoms with Crippen molar-refractivity contribution < 1.29 is 9.53 Å². The minimum absolute atomic E-state index is 0. The number of carbonyl (C=O) groups excluding carboxylic acids is 1. The van der Waals surface area contributed by atoms with Crippen LogP contribution in [0.25, 0.3) is 0 Å². The fraction of sp³-hybridized carbons (Fsp3) is 0.895. The van der Waals surface area contributed by atoms with Crippen LogP contribution in [-0.4, -0.2) is 62.7 Å². The van der Waals surface area contributed by atoms with Crippen molar-refractivity contribution in [3.63, 3.8) is 0 Å². The Kier molecular flexibility index (Phi) is 14.2. The van der Waals surface area contributed by atoms with Crippen molar-refractivity contribution in [2.75, 3.05) is 33.8 Å². The van der Waals surface area contributed by atoms with Gasteiger partial charge >= 0.3 is 0 Å². The Morgan fingerprint density at radius 3 is 2.42 bits per heavy atom. The van der Waals surface area contributed by atoms with Crippen molar-refractivity contribution in [3.8, 4) is 0 Å². The summed E-state index contributed by atoms with van der Waals surface area (Å²) in [6.07, 6.45) is 7.38. The van der Waals surface area contributed by atoms with Gasteiger partial charge in [0.1, 0.15) is 6.54 Å². The molecule has 0 radical (unpaired) electrons. The molecular formula is C19H39IN4O2. The molecule has 6 nitrogen and oxygen atoms in total. The zero-order valence-corrected chi connectivity index (χ0v) is 19.5. The lowest BCUT2D eigenvalue weighted by molar-refractivity contribution is -0.127. The lowest BCUT2D eigenvalue weighted by atomic mass is 9.96. The normalized spacial score (nSPS) is 16.8. The van der Waals surface area contributed by atoms with Crippen LogP contribution < -0.4 is 10.6 Å². The van der Waals surface area contributed by atoms with Crippen molar-refractivity contribution in [3.05, 3.63) is 0 Å². The van der Waals surface area contributed by atoms with E-state index in [1.807, 2.05) is 6.92 Å². The summed E-state index contributed by atoms with van der Waals surface area (Å²) < 4.78 is 5.80. The molecule has 1 saturated carbocycles. The Balaban J connectivity index is 0.00000625. The number of nitrogens with zero attached hydrogens (tertiary/aromatic N) is 2. The van der Waals surface area contributed by atoms with E-state index >= 15 is 0 Å². The van der Waals surface area contributed by atoms with E-state index in [0.717, 1.165) is 25.5 Å². The first-order valence-electron chi connectivity index (χ1n) is 9.80. The summed E-state index contributed by atoms with van der Waals surface area (Å²) >= 11 is 0. The first-order valence-corrected chi connectivity index (χ1v) is 9.80. The number of halogens is 1. The molecule has 0 aromatic heterocycles. The van der Waals surface area contributed by atoms with Gasteiger partial charge in [0.2, 0.25) is 5.91 Å². The standard InChI is InChI=1S/C19H38N4O2.HI/c1-6-25-17(15(2)3)12-13-20-19(21-14-18(24)23(4)5)22-16-10-8-7-9-11-16;/h15-17H,6-14H2,1-5H3,(H2,20,21,22);1H. The Hall–Kier alpha value is -0.570. The number of rotatable bonds is 9. The molecule has 1 aliphatic carbocycles. The minimum Gasteiger partial charge on any atom is -0.378 e. The van der Waals surface area contributed by atoms with Crippen LogP contribution in [0.5, 0.6) is 0 Å². The molecule has 0 bridgehead atoms. The van der Waals surface area contributed by atoms with E-state index in [-0.39, 0.29) is 42.5 Å². The van der Waals surface area contributed by atoms with Crippen molar-refractivity contribution >= 4 is 35.8 Å². The second-order valence-electron chi connectivity index (χ2n) is 7.39. The summed E-state index contributed by atoms with van der Waals surface area (Å²) in [5.74, 6) is 1.25. The fourth-order valence-electron chi connectivity index (χ4n) is 3.04. The van der Waals surface area contributed by atoms with Gasteiger partial charge in [-0.2, -0.15) is 0 Å². The van der Waals surface area contributed by atoms with E-state index in [4.69, 9.17) is 4.74 Å². The van der Waals surface area contributed by atoms with Gasteiger partial charge in [-0.3, -0.25) is 4.79 Å². The molecule has 0 saturated heterocycles. The number of nitrogens with one attached hydrogen (secondary N) is 2. The number of aliphatic imine (C=N–C) groups is 1. The number of hydrogen-bond donors (Lipinski definition) is 2. The van der Waals surface area contributed by atoms with Crippen LogP contribution in [0.15, 0.2) is 4.99 Å². The highest BCUT2D eigenvalue weighted by molar-refractivity contribution is 14.0. The van der Waals surface area contributed by atoms with Gasteiger partial charge in [0.05, 0.1) is 6.10 Å². The second kappa shape index (κ2) is 14.5. The second-order valence-corrected chi connectivity index (χ2v) is 7.39. The molecule has 7 heteroatoms. The molecule has 1 aliphatic rings. The number of carbonyl (C=O) groups is 1. The van der Waals surface area contributed by atoms with Gasteiger partial charge in [-0.1, -0.05) is 33.1 Å². The topological polar surface area (TPSA) is 66.0 Å². The number of hydrogen-bond acceptors (Lipinski definition) is 3. The third-order valence-corrected chi connectivity index (χ3v) is 4.66. The van der Waals surface area contributed by atoms with E-state index in [9.17, 15) is 4.79 Å². The van der Waals surface area contributed by atoms with Crippen molar-refractivity contribution in [1.29, 1.82) is 0 Å². The van der Waals surface area contributed by atoms with Gasteiger partial charge in [-0.15, -0.1) is 24.0 Å². The van der Waals surface area contributed by atoms with Gasteiger partial charge < -0.3 is 20.3 Å². The molecule has 1 fully saturated rings. The molecule has 2 N–H and O–H groups in total. The average molecular weight is 482 g/mol. The SMILES string of the molecule is CCOC(CCNC(=NCC(=O)N(C)C)NC1CCCCC1)C(C)C.I. The number of amides is 1. The summed E-state index contributed by atoms with van der Waals surface area (Å²) in [5, 5.41) is 6.91. The highest BCUT2D eigenvalue weighted by Crippen LogP contribution is 2.17. The quantitative estimate of drug-likeness (QED) is 0.301. The molecule has 1 unspecified atom stereocenters. The molecule has 26 heavy (non-hydrogen) atoms. The van der Waals surface area contributed by atoms with Gasteiger partial charge in [0.25, 0.3) is 0 Å². The molecule has 1 amide bonds. The zero-order valence-electron chi connectivity index (χ0n) is 17.2. The van der Waals surface area contributed by atoms with Crippen LogP contribution in [0.2, 0.25) is 0 Å². The maximum Gasteiger partial charge on any atom is 0.243 e. The zero-order chi connectivity index (χ0) is 18.7. The predicted octanol–water partition coefficient (Wildman–Crippen LogP) is 3.01. The van der Waals surface area contributed by atoms with E-state index in [1.54, 1.807) is 19.0 Å². The van der Waals surface area contributed by atoms with E-state index in [1.165, 1.54) is 32.1 Å². The minimum atomic E-state index is 0. The van der Waals surface area contributed by atoms with Crippen molar-refractivity contribution in [2.24, 2.45) is 10.9 Å². The average Bonchev–Trinajstić information content (AvgIpc) is 2.58. The van der Waals surface area contributed by atoms with Gasteiger partial charge in [-0.25, -0.2) is 4.99 Å². The Labute approximate surface area is 176 Å². The van der Waals surface area contributed by atoms with Crippen LogP contribution in [0, 0.1) is 5.92 Å². The lowest BCUT2D eigenvalue weighted by Crippen LogP contribution is -2.45. The molecular weight excluding hydrogens is 443 g/mol. The van der Waals surface area contributed by atoms with Crippen LogP contribution in [0.1, 0.15) is 59.3 Å². The molecule has 0 aliphatic heterocycles. The third kappa shape index (κ3) is 10.5. The molecule has 1 atom stereocenters. The van der Waals surface area contributed by atoms with Gasteiger partial charge in [-0.05, 0) is 32.1 Å². The molecule has 0 aromatic rings. The molecule has 1 rings (SSSR count). The van der Waals surface area contributed by atoms with Gasteiger partial charge in [0.15, 0.2) is 5.96 Å². The van der Waals surface area contributed by atoms with Crippen LogP contribution in [0.3, 0.4) is 0 Å². The highest BCUT2D eigenvalue weighted by atomic mass is 127. The van der Waals surface area contributed by atoms with Crippen molar-refractivity contribution in [2.45, 2.75) is 71.4 Å². The van der Waals surface area contributed by atoms with E-state index in [0.29, 0.717) is 12.0 Å². The van der Waals surface area contributed by atoms with Crippen LogP contribution >= 0.6 is 24.0 Å². The van der Waals surface area contributed by atoms with Crippen LogP contribution in [0.4, 0.5) is 0 Å². The molecule has 0 heterocycles. The summed E-state index contributed by atoms with van der Waals surface area (Å²) in [7, 11) is 3.52. The van der Waals surface area contributed by atoms with Crippen LogP contribution in [-0.2, 0) is 9.53 Å². The maximum absolute atomic E-state index is 11.8. The summed E-state index contributed by atoms with van der Waals surface area (Å²) in [6, 6.07) is 0.460. The lowest BCUT2D eigenvalue weighted by Gasteiger charge is -2.26. The monoisotopic (exact) mass is 482 g/mol. The Bertz CT molecular complexity index is 410. The maximum atomic E-state index is 11.8. The fourth-order valence-corrected chi connectivity index (χ4v) is 3.04. The molecule has 0 aromatic carbocycles. The molecule has 0 spiro atoms. The number of likely N-dealkylation sites (N-methyl/N-ethyl adjacent to an activating group) is 1. The van der Waals surface area contributed by atoms with Crippen molar-refractivity contribution in [1.82, 2.24) is 15.5 Å². The molecule has 154 valence electrons. The van der Waals surface area contributed by atoms with E-state index < -0.39 is 0 Å².